The molecule has 4 heteroatoms. The van der Waals surface area contributed by atoms with E-state index in [-0.39, 0.29) is 16.7 Å². The Morgan fingerprint density at radius 1 is 0.882 bits per heavy atom. The van der Waals surface area contributed by atoms with Crippen LogP contribution in [-0.4, -0.2) is 0 Å². The third-order valence-corrected chi connectivity index (χ3v) is 2.34. The molecule has 0 unspecified atom stereocenters. The highest BCUT2D eigenvalue weighted by molar-refractivity contribution is 5.66. The number of benzene rings is 2. The number of nitriles is 1. The summed E-state index contributed by atoms with van der Waals surface area (Å²) < 4.78 is 40.0. The van der Waals surface area contributed by atoms with Gasteiger partial charge in [0.05, 0.1) is 11.6 Å². The molecule has 0 aliphatic rings. The predicted octanol–water partition coefficient (Wildman–Crippen LogP) is 3.64. The molecule has 84 valence electrons. The Morgan fingerprint density at radius 3 is 2.35 bits per heavy atom. The number of hydrogen-bond donors (Lipinski definition) is 0. The second kappa shape index (κ2) is 4.30. The average Bonchev–Trinajstić information content (AvgIpc) is 2.34. The first kappa shape index (κ1) is 11.2. The minimum atomic E-state index is -1.12. The number of hydrogen-bond acceptors (Lipinski definition) is 1. The minimum Gasteiger partial charge on any atom is -0.206 e. The number of halogens is 3. The lowest BCUT2D eigenvalue weighted by atomic mass is 10.0. The van der Waals surface area contributed by atoms with Crippen LogP contribution in [0.2, 0.25) is 0 Å². The molecule has 0 saturated carbocycles. The molecule has 0 fully saturated rings. The minimum absolute atomic E-state index is 0.124. The molecule has 0 amide bonds. The first-order valence-electron chi connectivity index (χ1n) is 4.77. The van der Waals surface area contributed by atoms with E-state index >= 15 is 0 Å². The molecular weight excluding hydrogens is 227 g/mol. The van der Waals surface area contributed by atoms with Crippen LogP contribution in [0.25, 0.3) is 11.1 Å². The molecule has 0 saturated heterocycles. The van der Waals surface area contributed by atoms with E-state index < -0.39 is 17.5 Å². The van der Waals surface area contributed by atoms with Gasteiger partial charge < -0.3 is 0 Å². The maximum absolute atomic E-state index is 13.5. The zero-order valence-electron chi connectivity index (χ0n) is 8.55. The highest BCUT2D eigenvalue weighted by atomic mass is 19.2. The molecule has 2 aromatic rings. The number of rotatable bonds is 1. The van der Waals surface area contributed by atoms with Crippen molar-refractivity contribution >= 4 is 0 Å². The third kappa shape index (κ3) is 2.00. The van der Waals surface area contributed by atoms with Gasteiger partial charge in [-0.1, -0.05) is 12.1 Å². The van der Waals surface area contributed by atoms with Crippen LogP contribution in [0.4, 0.5) is 13.2 Å². The number of nitrogens with zero attached hydrogens (tertiary/aromatic N) is 1. The zero-order valence-corrected chi connectivity index (χ0v) is 8.55. The Bertz CT molecular complexity index is 615. The van der Waals surface area contributed by atoms with E-state index in [4.69, 9.17) is 5.26 Å². The van der Waals surface area contributed by atoms with Crippen LogP contribution in [0, 0.1) is 28.8 Å². The van der Waals surface area contributed by atoms with E-state index in [1.54, 1.807) is 0 Å². The first-order chi connectivity index (χ1) is 8.13. The summed E-state index contributed by atoms with van der Waals surface area (Å²) in [6.45, 7) is 0. The van der Waals surface area contributed by atoms with E-state index in [0.29, 0.717) is 0 Å². The van der Waals surface area contributed by atoms with Gasteiger partial charge in [0, 0.05) is 11.1 Å². The Kier molecular flexibility index (Phi) is 2.84. The SMILES string of the molecule is N#Cc1ccc(F)c(-c2cccc(F)c2F)c1. The molecule has 17 heavy (non-hydrogen) atoms. The van der Waals surface area contributed by atoms with Crippen LogP contribution in [0.5, 0.6) is 0 Å². The first-order valence-corrected chi connectivity index (χ1v) is 4.77. The molecule has 0 bridgehead atoms. The van der Waals surface area contributed by atoms with Crippen molar-refractivity contribution in [2.45, 2.75) is 0 Å². The normalized spacial score (nSPS) is 10.0. The van der Waals surface area contributed by atoms with Gasteiger partial charge in [-0.2, -0.15) is 5.26 Å². The van der Waals surface area contributed by atoms with Gasteiger partial charge in [0.25, 0.3) is 0 Å². The van der Waals surface area contributed by atoms with Crippen molar-refractivity contribution in [2.75, 3.05) is 0 Å². The predicted molar refractivity (Wildman–Crippen MR) is 56.5 cm³/mol. The van der Waals surface area contributed by atoms with Crippen molar-refractivity contribution < 1.29 is 13.2 Å². The van der Waals surface area contributed by atoms with Crippen molar-refractivity contribution in [3.8, 4) is 17.2 Å². The second-order valence-electron chi connectivity index (χ2n) is 3.41. The van der Waals surface area contributed by atoms with Crippen LogP contribution >= 0.6 is 0 Å². The van der Waals surface area contributed by atoms with E-state index in [9.17, 15) is 13.2 Å². The van der Waals surface area contributed by atoms with E-state index in [1.165, 1.54) is 24.3 Å². The highest BCUT2D eigenvalue weighted by Crippen LogP contribution is 2.27. The van der Waals surface area contributed by atoms with Crippen molar-refractivity contribution in [3.05, 3.63) is 59.4 Å². The zero-order chi connectivity index (χ0) is 12.4. The van der Waals surface area contributed by atoms with Gasteiger partial charge in [-0.25, -0.2) is 13.2 Å². The fourth-order valence-corrected chi connectivity index (χ4v) is 1.51. The van der Waals surface area contributed by atoms with Gasteiger partial charge in [-0.15, -0.1) is 0 Å². The van der Waals surface area contributed by atoms with Crippen LogP contribution < -0.4 is 0 Å². The Hall–Kier alpha value is -2.28. The summed E-state index contributed by atoms with van der Waals surface area (Å²) in [6, 6.07) is 8.83. The molecular formula is C13H6F3N. The van der Waals surface area contributed by atoms with Crippen molar-refractivity contribution in [1.29, 1.82) is 5.26 Å². The molecule has 0 spiro atoms. The van der Waals surface area contributed by atoms with E-state index in [1.807, 2.05) is 6.07 Å². The quantitative estimate of drug-likeness (QED) is 0.737. The van der Waals surface area contributed by atoms with Gasteiger partial charge >= 0.3 is 0 Å². The standard InChI is InChI=1S/C13H6F3N/c14-11-5-4-8(7-17)6-10(11)9-2-1-3-12(15)13(9)16/h1-6H. The summed E-state index contributed by atoms with van der Waals surface area (Å²) >= 11 is 0. The van der Waals surface area contributed by atoms with E-state index in [2.05, 4.69) is 0 Å². The largest absolute Gasteiger partial charge is 0.206 e. The Labute approximate surface area is 95.7 Å². The lowest BCUT2D eigenvalue weighted by Gasteiger charge is -2.05. The van der Waals surface area contributed by atoms with Crippen LogP contribution in [0.3, 0.4) is 0 Å². The lowest BCUT2D eigenvalue weighted by molar-refractivity contribution is 0.510. The average molecular weight is 233 g/mol. The summed E-state index contributed by atoms with van der Waals surface area (Å²) in [7, 11) is 0. The monoisotopic (exact) mass is 233 g/mol. The molecule has 0 radical (unpaired) electrons. The topological polar surface area (TPSA) is 23.8 Å². The maximum Gasteiger partial charge on any atom is 0.166 e. The lowest BCUT2D eigenvalue weighted by Crippen LogP contribution is -1.92. The molecule has 0 N–H and O–H groups in total. The van der Waals surface area contributed by atoms with Gasteiger partial charge in [-0.05, 0) is 24.3 Å². The summed E-state index contributed by atoms with van der Waals surface area (Å²) in [5.41, 5.74) is -0.134. The summed E-state index contributed by atoms with van der Waals surface area (Å²) in [5, 5.41) is 8.68. The van der Waals surface area contributed by atoms with Crippen LogP contribution in [0.15, 0.2) is 36.4 Å². The van der Waals surface area contributed by atoms with Crippen LogP contribution in [0.1, 0.15) is 5.56 Å². The fourth-order valence-electron chi connectivity index (χ4n) is 1.51. The smallest absolute Gasteiger partial charge is 0.166 e. The highest BCUT2D eigenvalue weighted by Gasteiger charge is 2.13. The van der Waals surface area contributed by atoms with Gasteiger partial charge in [-0.3, -0.25) is 0 Å². The molecule has 0 aliphatic heterocycles. The summed E-state index contributed by atoms with van der Waals surface area (Å²) in [4.78, 5) is 0. The van der Waals surface area contributed by atoms with Gasteiger partial charge in [0.15, 0.2) is 11.6 Å². The van der Waals surface area contributed by atoms with Crippen molar-refractivity contribution in [1.82, 2.24) is 0 Å². The molecule has 2 aromatic carbocycles. The molecule has 0 aromatic heterocycles. The maximum atomic E-state index is 13.5. The fraction of sp³-hybridized carbons (Fsp3) is 0. The van der Waals surface area contributed by atoms with Gasteiger partial charge in [0.2, 0.25) is 0 Å². The van der Waals surface area contributed by atoms with E-state index in [0.717, 1.165) is 12.1 Å². The molecule has 0 atom stereocenters. The van der Waals surface area contributed by atoms with Crippen molar-refractivity contribution in [2.24, 2.45) is 0 Å². The third-order valence-electron chi connectivity index (χ3n) is 2.34. The van der Waals surface area contributed by atoms with Gasteiger partial charge in [0.1, 0.15) is 5.82 Å². The molecule has 2 rings (SSSR count). The molecule has 0 aliphatic carbocycles. The summed E-state index contributed by atoms with van der Waals surface area (Å²) in [6.07, 6.45) is 0. The molecule has 0 heterocycles. The van der Waals surface area contributed by atoms with Crippen LogP contribution in [-0.2, 0) is 0 Å². The Balaban J connectivity index is 2.68. The second-order valence-corrected chi connectivity index (χ2v) is 3.41. The molecule has 1 nitrogen and oxygen atoms in total. The Morgan fingerprint density at radius 2 is 1.65 bits per heavy atom. The summed E-state index contributed by atoms with van der Waals surface area (Å²) in [5.74, 6) is -2.88. The van der Waals surface area contributed by atoms with Crippen molar-refractivity contribution in [3.63, 3.8) is 0 Å².